The second-order valence-electron chi connectivity index (χ2n) is 8.04. The molecule has 166 valence electrons. The van der Waals surface area contributed by atoms with Gasteiger partial charge in [0, 0.05) is 39.1 Å². The van der Waals surface area contributed by atoms with Gasteiger partial charge in [0.05, 0.1) is 11.3 Å². The molecular formula is C21H26N4O5S. The topological polar surface area (TPSA) is 104 Å². The van der Waals surface area contributed by atoms with Gasteiger partial charge in [0.1, 0.15) is 10.6 Å². The summed E-state index contributed by atoms with van der Waals surface area (Å²) in [7, 11) is -2.05. The molecule has 0 unspecified atom stereocenters. The Hall–Kier alpha value is -2.72. The van der Waals surface area contributed by atoms with Gasteiger partial charge in [-0.15, -0.1) is 0 Å². The van der Waals surface area contributed by atoms with Gasteiger partial charge in [-0.1, -0.05) is 17.3 Å². The first-order valence-corrected chi connectivity index (χ1v) is 11.7. The summed E-state index contributed by atoms with van der Waals surface area (Å²) in [6.07, 6.45) is 1.78. The van der Waals surface area contributed by atoms with E-state index in [9.17, 15) is 18.0 Å². The summed E-state index contributed by atoms with van der Waals surface area (Å²) in [6.45, 7) is 4.04. The van der Waals surface area contributed by atoms with Crippen LogP contribution in [0.1, 0.15) is 34.7 Å². The molecule has 0 bridgehead atoms. The van der Waals surface area contributed by atoms with Crippen molar-refractivity contribution in [2.45, 2.75) is 31.6 Å². The van der Waals surface area contributed by atoms with Crippen molar-refractivity contribution >= 4 is 27.5 Å². The highest BCUT2D eigenvalue weighted by Crippen LogP contribution is 2.33. The van der Waals surface area contributed by atoms with Crippen LogP contribution in [0.4, 0.5) is 5.69 Å². The van der Waals surface area contributed by atoms with Crippen LogP contribution >= 0.6 is 0 Å². The number of rotatable bonds is 5. The minimum atomic E-state index is -3.74. The summed E-state index contributed by atoms with van der Waals surface area (Å²) in [6, 6.07) is 7.05. The van der Waals surface area contributed by atoms with Gasteiger partial charge in [-0.25, -0.2) is 8.42 Å². The highest BCUT2D eigenvalue weighted by atomic mass is 32.2. The van der Waals surface area contributed by atoms with Gasteiger partial charge in [-0.05, 0) is 38.8 Å². The van der Waals surface area contributed by atoms with Crippen LogP contribution in [0.3, 0.4) is 0 Å². The van der Waals surface area contributed by atoms with E-state index in [-0.39, 0.29) is 54.6 Å². The first kappa shape index (κ1) is 21.5. The number of benzene rings is 1. The number of carbonyl (C=O) groups excluding carboxylic acids is 2. The minimum absolute atomic E-state index is 0.0237. The molecule has 2 heterocycles. The largest absolute Gasteiger partial charge is 0.360 e. The summed E-state index contributed by atoms with van der Waals surface area (Å²) in [5.74, 6) is 0.121. The zero-order chi connectivity index (χ0) is 22.3. The monoisotopic (exact) mass is 446 g/mol. The maximum Gasteiger partial charge on any atom is 0.256 e. The van der Waals surface area contributed by atoms with Crippen molar-refractivity contribution in [1.82, 2.24) is 14.4 Å². The minimum Gasteiger partial charge on any atom is -0.360 e. The Morgan fingerprint density at radius 1 is 1.10 bits per heavy atom. The molecular weight excluding hydrogens is 420 g/mol. The summed E-state index contributed by atoms with van der Waals surface area (Å²) in [5, 5.41) is 3.74. The molecule has 1 saturated heterocycles. The van der Waals surface area contributed by atoms with Crippen LogP contribution in [0, 0.1) is 19.8 Å². The zero-order valence-electron chi connectivity index (χ0n) is 17.9. The number of aromatic nitrogens is 1. The molecule has 1 saturated carbocycles. The van der Waals surface area contributed by atoms with Crippen molar-refractivity contribution in [2.75, 3.05) is 38.1 Å². The van der Waals surface area contributed by atoms with E-state index in [1.165, 1.54) is 4.31 Å². The van der Waals surface area contributed by atoms with Crippen LogP contribution in [-0.2, 0) is 14.8 Å². The lowest BCUT2D eigenvalue weighted by Crippen LogP contribution is -2.50. The zero-order valence-corrected chi connectivity index (χ0v) is 18.7. The Morgan fingerprint density at radius 3 is 2.32 bits per heavy atom. The Bertz CT molecular complexity index is 1100. The number of nitrogens with zero attached hydrogens (tertiary/aromatic N) is 4. The molecule has 0 atom stereocenters. The lowest BCUT2D eigenvalue weighted by atomic mass is 10.1. The van der Waals surface area contributed by atoms with Crippen molar-refractivity contribution in [3.63, 3.8) is 0 Å². The van der Waals surface area contributed by atoms with Crippen molar-refractivity contribution in [3.05, 3.63) is 41.3 Å². The van der Waals surface area contributed by atoms with E-state index >= 15 is 0 Å². The third-order valence-electron chi connectivity index (χ3n) is 5.84. The summed E-state index contributed by atoms with van der Waals surface area (Å²) in [4.78, 5) is 29.0. The Kier molecular flexibility index (Phi) is 5.61. The molecule has 2 fully saturated rings. The van der Waals surface area contributed by atoms with E-state index in [0.29, 0.717) is 16.9 Å². The number of hydrogen-bond donors (Lipinski definition) is 0. The van der Waals surface area contributed by atoms with Gasteiger partial charge in [-0.3, -0.25) is 9.59 Å². The van der Waals surface area contributed by atoms with Crippen molar-refractivity contribution < 1.29 is 22.5 Å². The maximum absolute atomic E-state index is 13.2. The van der Waals surface area contributed by atoms with Crippen LogP contribution in [0.15, 0.2) is 33.7 Å². The summed E-state index contributed by atoms with van der Waals surface area (Å²) in [5.41, 5.74) is 1.35. The fourth-order valence-electron chi connectivity index (χ4n) is 3.94. The van der Waals surface area contributed by atoms with Gasteiger partial charge >= 0.3 is 0 Å². The molecule has 2 amide bonds. The van der Waals surface area contributed by atoms with Crippen LogP contribution in [0.2, 0.25) is 0 Å². The molecule has 10 heteroatoms. The molecule has 1 aromatic heterocycles. The SMILES string of the molecule is Cc1noc(C)c1S(=O)(=O)N1CCN(C(=O)c2ccccc2N(C)C(=O)C2CC2)CC1. The molecule has 0 spiro atoms. The van der Waals surface area contributed by atoms with Crippen LogP contribution < -0.4 is 4.90 Å². The average molecular weight is 447 g/mol. The number of piperazine rings is 1. The van der Waals surface area contributed by atoms with Gasteiger partial charge in [0.25, 0.3) is 5.91 Å². The van der Waals surface area contributed by atoms with Crippen LogP contribution in [0.25, 0.3) is 0 Å². The molecule has 1 aliphatic carbocycles. The van der Waals surface area contributed by atoms with Crippen LogP contribution in [-0.4, -0.2) is 67.8 Å². The molecule has 31 heavy (non-hydrogen) atoms. The number of hydrogen-bond acceptors (Lipinski definition) is 6. The number of para-hydroxylation sites is 1. The standard InChI is InChI=1S/C21H26N4O5S/c1-14-19(15(2)30-22-14)31(28,29)25-12-10-24(11-13-25)21(27)17-6-4-5-7-18(17)23(3)20(26)16-8-9-16/h4-7,16H,8-13H2,1-3H3. The van der Waals surface area contributed by atoms with E-state index in [0.717, 1.165) is 12.8 Å². The number of anilines is 1. The number of sulfonamides is 1. The predicted molar refractivity (Wildman–Crippen MR) is 113 cm³/mol. The number of carbonyl (C=O) groups is 2. The van der Waals surface area contributed by atoms with E-state index in [1.54, 1.807) is 55.0 Å². The smallest absolute Gasteiger partial charge is 0.256 e. The lowest BCUT2D eigenvalue weighted by Gasteiger charge is -2.34. The fraction of sp³-hybridized carbons (Fsp3) is 0.476. The molecule has 1 aromatic carbocycles. The molecule has 0 N–H and O–H groups in total. The molecule has 9 nitrogen and oxygen atoms in total. The lowest BCUT2D eigenvalue weighted by molar-refractivity contribution is -0.119. The maximum atomic E-state index is 13.2. The highest BCUT2D eigenvalue weighted by Gasteiger charge is 2.36. The first-order valence-electron chi connectivity index (χ1n) is 10.3. The van der Waals surface area contributed by atoms with Gasteiger partial charge in [-0.2, -0.15) is 4.31 Å². The molecule has 2 aromatic rings. The highest BCUT2D eigenvalue weighted by molar-refractivity contribution is 7.89. The predicted octanol–water partition coefficient (Wildman–Crippen LogP) is 1.81. The number of amides is 2. The third kappa shape index (κ3) is 3.97. The molecule has 2 aliphatic rings. The van der Waals surface area contributed by atoms with E-state index in [4.69, 9.17) is 4.52 Å². The second-order valence-corrected chi connectivity index (χ2v) is 9.91. The van der Waals surface area contributed by atoms with E-state index in [2.05, 4.69) is 5.16 Å². The van der Waals surface area contributed by atoms with E-state index in [1.807, 2.05) is 0 Å². The summed E-state index contributed by atoms with van der Waals surface area (Å²) < 4.78 is 32.4. The van der Waals surface area contributed by atoms with Crippen molar-refractivity contribution in [1.29, 1.82) is 0 Å². The summed E-state index contributed by atoms with van der Waals surface area (Å²) >= 11 is 0. The average Bonchev–Trinajstić information content (AvgIpc) is 3.56. The normalized spacial score (nSPS) is 17.6. The van der Waals surface area contributed by atoms with Gasteiger partial charge in [0.15, 0.2) is 5.76 Å². The molecule has 4 rings (SSSR count). The Morgan fingerprint density at radius 2 is 1.74 bits per heavy atom. The first-order chi connectivity index (χ1) is 14.7. The van der Waals surface area contributed by atoms with Gasteiger partial charge < -0.3 is 14.3 Å². The Labute approximate surface area is 181 Å². The Balaban J connectivity index is 1.49. The fourth-order valence-corrected chi connectivity index (χ4v) is 5.66. The van der Waals surface area contributed by atoms with Gasteiger partial charge in [0.2, 0.25) is 15.9 Å². The molecule has 0 radical (unpaired) electrons. The van der Waals surface area contributed by atoms with Crippen molar-refractivity contribution in [3.8, 4) is 0 Å². The van der Waals surface area contributed by atoms with Crippen LogP contribution in [0.5, 0.6) is 0 Å². The second kappa shape index (κ2) is 8.08. The molecule has 1 aliphatic heterocycles. The van der Waals surface area contributed by atoms with Crippen molar-refractivity contribution in [2.24, 2.45) is 5.92 Å². The van der Waals surface area contributed by atoms with E-state index < -0.39 is 10.0 Å². The number of aryl methyl sites for hydroxylation is 2. The third-order valence-corrected chi connectivity index (χ3v) is 7.99. The quantitative estimate of drug-likeness (QED) is 0.694.